The van der Waals surface area contributed by atoms with Crippen LogP contribution in [0.2, 0.25) is 0 Å². The van der Waals surface area contributed by atoms with Crippen molar-refractivity contribution in [3.8, 4) is 0 Å². The van der Waals surface area contributed by atoms with E-state index < -0.39 is 0 Å². The molecule has 0 bridgehead atoms. The normalized spacial score (nSPS) is 26.8. The van der Waals surface area contributed by atoms with E-state index in [9.17, 15) is 4.79 Å². The van der Waals surface area contributed by atoms with Gasteiger partial charge in [0.15, 0.2) is 5.84 Å². The van der Waals surface area contributed by atoms with Crippen LogP contribution in [0, 0.1) is 0 Å². The van der Waals surface area contributed by atoms with Crippen LogP contribution in [0.5, 0.6) is 0 Å². The summed E-state index contributed by atoms with van der Waals surface area (Å²) in [6.45, 7) is 2.75. The minimum absolute atomic E-state index is 0.0174. The second-order valence-electron chi connectivity index (χ2n) is 4.90. The number of hydrogen-bond acceptors (Lipinski definition) is 3. The third-order valence-electron chi connectivity index (χ3n) is 3.31. The van der Waals surface area contributed by atoms with Gasteiger partial charge in [-0.25, -0.2) is 0 Å². The van der Waals surface area contributed by atoms with Gasteiger partial charge in [-0.1, -0.05) is 25.7 Å². The summed E-state index contributed by atoms with van der Waals surface area (Å²) in [5.74, 6) is 0.507. The lowest BCUT2D eigenvalue weighted by molar-refractivity contribution is -0.115. The monoisotopic (exact) mass is 223 g/mol. The zero-order chi connectivity index (χ0) is 11.4. The average Bonchev–Trinajstić information content (AvgIpc) is 2.54. The quantitative estimate of drug-likeness (QED) is 0.691. The molecule has 16 heavy (non-hydrogen) atoms. The zero-order valence-electron chi connectivity index (χ0n) is 9.96. The number of amides is 1. The average molecular weight is 223 g/mol. The Morgan fingerprint density at radius 1 is 1.31 bits per heavy atom. The summed E-state index contributed by atoms with van der Waals surface area (Å²) < 4.78 is 0. The van der Waals surface area contributed by atoms with E-state index in [1.807, 2.05) is 6.92 Å². The summed E-state index contributed by atoms with van der Waals surface area (Å²) in [5.41, 5.74) is 0. The van der Waals surface area contributed by atoms with Crippen LogP contribution in [0.25, 0.3) is 0 Å². The SMILES string of the molecule is CC1CN=C(C(=O)NC2CCCCCC2)N1. The lowest BCUT2D eigenvalue weighted by Crippen LogP contribution is -2.44. The molecule has 0 aromatic heterocycles. The van der Waals surface area contributed by atoms with E-state index in [1.165, 1.54) is 25.7 Å². The molecule has 1 heterocycles. The third-order valence-corrected chi connectivity index (χ3v) is 3.31. The van der Waals surface area contributed by atoms with Gasteiger partial charge >= 0.3 is 0 Å². The largest absolute Gasteiger partial charge is 0.361 e. The molecule has 0 aromatic carbocycles. The summed E-state index contributed by atoms with van der Waals surface area (Å²) in [4.78, 5) is 16.1. The summed E-state index contributed by atoms with van der Waals surface area (Å²) in [7, 11) is 0. The van der Waals surface area contributed by atoms with E-state index in [0.717, 1.165) is 12.8 Å². The Kier molecular flexibility index (Phi) is 3.80. The van der Waals surface area contributed by atoms with Crippen molar-refractivity contribution in [2.45, 2.75) is 57.5 Å². The molecule has 2 N–H and O–H groups in total. The first-order valence-electron chi connectivity index (χ1n) is 6.37. The Bertz CT molecular complexity index is 280. The van der Waals surface area contributed by atoms with Crippen LogP contribution in [0.1, 0.15) is 45.4 Å². The van der Waals surface area contributed by atoms with Gasteiger partial charge in [0.2, 0.25) is 0 Å². The Morgan fingerprint density at radius 2 is 2.00 bits per heavy atom. The highest BCUT2D eigenvalue weighted by Crippen LogP contribution is 2.17. The number of carbonyl (C=O) groups excluding carboxylic acids is 1. The highest BCUT2D eigenvalue weighted by Gasteiger charge is 2.22. The van der Waals surface area contributed by atoms with Gasteiger partial charge in [0.25, 0.3) is 5.91 Å². The molecule has 1 aliphatic carbocycles. The van der Waals surface area contributed by atoms with Crippen LogP contribution < -0.4 is 10.6 Å². The number of carbonyl (C=O) groups is 1. The second-order valence-corrected chi connectivity index (χ2v) is 4.90. The molecular formula is C12H21N3O. The minimum Gasteiger partial charge on any atom is -0.361 e. The molecule has 0 spiro atoms. The minimum atomic E-state index is -0.0174. The smallest absolute Gasteiger partial charge is 0.286 e. The first-order chi connectivity index (χ1) is 7.75. The number of nitrogens with one attached hydrogen (secondary N) is 2. The molecule has 1 unspecified atom stereocenters. The Hall–Kier alpha value is -1.06. The lowest BCUT2D eigenvalue weighted by atomic mass is 10.1. The number of rotatable bonds is 2. The highest BCUT2D eigenvalue weighted by atomic mass is 16.2. The van der Waals surface area contributed by atoms with Crippen molar-refractivity contribution in [2.24, 2.45) is 4.99 Å². The molecule has 90 valence electrons. The van der Waals surface area contributed by atoms with Crippen LogP contribution in [-0.2, 0) is 4.79 Å². The van der Waals surface area contributed by atoms with Crippen LogP contribution in [-0.4, -0.2) is 30.4 Å². The van der Waals surface area contributed by atoms with Crippen molar-refractivity contribution in [1.82, 2.24) is 10.6 Å². The van der Waals surface area contributed by atoms with Crippen molar-refractivity contribution < 1.29 is 4.79 Å². The molecule has 0 saturated heterocycles. The van der Waals surface area contributed by atoms with Crippen molar-refractivity contribution in [3.63, 3.8) is 0 Å². The highest BCUT2D eigenvalue weighted by molar-refractivity contribution is 6.38. The number of amidine groups is 1. The molecule has 1 fully saturated rings. The van der Waals surface area contributed by atoms with Crippen LogP contribution >= 0.6 is 0 Å². The summed E-state index contributed by atoms with van der Waals surface area (Å²) in [6.07, 6.45) is 7.33. The van der Waals surface area contributed by atoms with E-state index in [-0.39, 0.29) is 5.91 Å². The molecule has 2 aliphatic rings. The fourth-order valence-corrected chi connectivity index (χ4v) is 2.37. The van der Waals surface area contributed by atoms with Crippen molar-refractivity contribution in [1.29, 1.82) is 0 Å². The second kappa shape index (κ2) is 5.32. The Labute approximate surface area is 96.9 Å². The Balaban J connectivity index is 1.82. The van der Waals surface area contributed by atoms with E-state index in [1.54, 1.807) is 0 Å². The van der Waals surface area contributed by atoms with Gasteiger partial charge in [-0.3, -0.25) is 9.79 Å². The summed E-state index contributed by atoms with van der Waals surface area (Å²) in [6, 6.07) is 0.658. The predicted octanol–water partition coefficient (Wildman–Crippen LogP) is 1.22. The topological polar surface area (TPSA) is 53.5 Å². The molecular weight excluding hydrogens is 202 g/mol. The van der Waals surface area contributed by atoms with Crippen LogP contribution in [0.4, 0.5) is 0 Å². The first-order valence-corrected chi connectivity index (χ1v) is 6.37. The molecule has 1 aliphatic heterocycles. The van der Waals surface area contributed by atoms with E-state index >= 15 is 0 Å². The lowest BCUT2D eigenvalue weighted by Gasteiger charge is -2.16. The number of hydrogen-bond donors (Lipinski definition) is 2. The van der Waals surface area contributed by atoms with E-state index in [0.29, 0.717) is 24.5 Å². The summed E-state index contributed by atoms with van der Waals surface area (Å²) in [5, 5.41) is 6.19. The van der Waals surface area contributed by atoms with Crippen molar-refractivity contribution in [2.75, 3.05) is 6.54 Å². The van der Waals surface area contributed by atoms with E-state index in [2.05, 4.69) is 15.6 Å². The first kappa shape index (κ1) is 11.4. The standard InChI is InChI=1S/C12H21N3O/c1-9-8-13-11(14-9)12(16)15-10-6-4-2-3-5-7-10/h9-10H,2-8H2,1H3,(H,13,14)(H,15,16). The van der Waals surface area contributed by atoms with Gasteiger partial charge in [0.1, 0.15) is 0 Å². The number of nitrogens with zero attached hydrogens (tertiary/aromatic N) is 1. The van der Waals surface area contributed by atoms with Crippen LogP contribution in [0.3, 0.4) is 0 Å². The van der Waals surface area contributed by atoms with Crippen LogP contribution in [0.15, 0.2) is 4.99 Å². The predicted molar refractivity (Wildman–Crippen MR) is 64.5 cm³/mol. The van der Waals surface area contributed by atoms with E-state index in [4.69, 9.17) is 0 Å². The van der Waals surface area contributed by atoms with Gasteiger partial charge in [-0.15, -0.1) is 0 Å². The molecule has 1 amide bonds. The van der Waals surface area contributed by atoms with Crippen molar-refractivity contribution >= 4 is 11.7 Å². The molecule has 4 nitrogen and oxygen atoms in total. The zero-order valence-corrected chi connectivity index (χ0v) is 9.96. The third kappa shape index (κ3) is 2.97. The molecule has 2 rings (SSSR count). The van der Waals surface area contributed by atoms with Gasteiger partial charge < -0.3 is 10.6 Å². The molecule has 1 saturated carbocycles. The molecule has 0 aromatic rings. The molecule has 4 heteroatoms. The fourth-order valence-electron chi connectivity index (χ4n) is 2.37. The number of aliphatic imine (C=N–C) groups is 1. The summed E-state index contributed by atoms with van der Waals surface area (Å²) >= 11 is 0. The van der Waals surface area contributed by atoms with Gasteiger partial charge in [-0.2, -0.15) is 0 Å². The molecule has 0 radical (unpaired) electrons. The maximum atomic E-state index is 11.9. The Morgan fingerprint density at radius 3 is 2.56 bits per heavy atom. The maximum Gasteiger partial charge on any atom is 0.286 e. The maximum absolute atomic E-state index is 11.9. The van der Waals surface area contributed by atoms with Crippen molar-refractivity contribution in [3.05, 3.63) is 0 Å². The van der Waals surface area contributed by atoms with Gasteiger partial charge in [-0.05, 0) is 19.8 Å². The fraction of sp³-hybridized carbons (Fsp3) is 0.833. The van der Waals surface area contributed by atoms with Gasteiger partial charge in [0.05, 0.1) is 6.54 Å². The van der Waals surface area contributed by atoms with Gasteiger partial charge in [0, 0.05) is 12.1 Å². The molecule has 1 atom stereocenters.